The van der Waals surface area contributed by atoms with E-state index in [-0.39, 0.29) is 35.9 Å². The summed E-state index contributed by atoms with van der Waals surface area (Å²) in [7, 11) is 6.96. The van der Waals surface area contributed by atoms with Crippen LogP contribution < -0.4 is 0 Å². The van der Waals surface area contributed by atoms with E-state index in [1.165, 1.54) is 0 Å². The van der Waals surface area contributed by atoms with Crippen LogP contribution >= 0.6 is 0 Å². The highest BCUT2D eigenvalue weighted by atomic mass is 16.7. The van der Waals surface area contributed by atoms with Gasteiger partial charge in [0.05, 0.1) is 35.9 Å². The molecule has 8 unspecified atom stereocenters. The molecule has 3 aliphatic rings. The van der Waals surface area contributed by atoms with Gasteiger partial charge in [0.2, 0.25) is 0 Å². The van der Waals surface area contributed by atoms with Crippen molar-refractivity contribution in [3.05, 3.63) is 0 Å². The standard InChI is InChI=1S/C37H69NO8.CH4O/c1-14-31-37(10,40)28(8)24(4)15-23(3)21-36(9,41-13)32(45-34-19-29(38(11)12)18-26(6)43-34)20-30(27(7)35(39)46-31)44-33-17-22(2)16-25(5)42-33;1-2/h22-34,40H,14-21H2,1-13H3;2H,1H3/t22?,23-,24?,25?,26?,27?,28?,29?,30-,31+,32+,33-,34?,36+,37-;/m0./s1. The van der Waals surface area contributed by atoms with Crippen molar-refractivity contribution in [3.8, 4) is 0 Å². The maximum atomic E-state index is 14.0. The van der Waals surface area contributed by atoms with Gasteiger partial charge in [0.25, 0.3) is 0 Å². The van der Waals surface area contributed by atoms with Crippen molar-refractivity contribution in [1.82, 2.24) is 4.90 Å². The van der Waals surface area contributed by atoms with Gasteiger partial charge in [-0.3, -0.25) is 4.79 Å². The molecular formula is C38H73NO9. The second-order valence-corrected chi connectivity index (χ2v) is 16.1. The largest absolute Gasteiger partial charge is 0.459 e. The van der Waals surface area contributed by atoms with Crippen molar-refractivity contribution < 1.29 is 43.4 Å². The maximum Gasteiger partial charge on any atom is 0.311 e. The summed E-state index contributed by atoms with van der Waals surface area (Å²) in [6.07, 6.45) is 3.57. The van der Waals surface area contributed by atoms with Gasteiger partial charge < -0.3 is 43.5 Å². The molecule has 3 fully saturated rings. The predicted octanol–water partition coefficient (Wildman–Crippen LogP) is 6.19. The Labute approximate surface area is 292 Å². The normalized spacial score (nSPS) is 45.4. The minimum Gasteiger partial charge on any atom is -0.459 e. The molecule has 0 bridgehead atoms. The highest BCUT2D eigenvalue weighted by Gasteiger charge is 2.47. The molecule has 3 aliphatic heterocycles. The number of carbonyl (C=O) groups excluding carboxylic acids is 1. The Bertz CT molecular complexity index is 939. The number of carbonyl (C=O) groups is 1. The molecule has 0 aromatic carbocycles. The molecule has 0 saturated carbocycles. The highest BCUT2D eigenvalue weighted by Crippen LogP contribution is 2.40. The second kappa shape index (κ2) is 19.1. The molecule has 3 saturated heterocycles. The van der Waals surface area contributed by atoms with Gasteiger partial charge in [-0.2, -0.15) is 0 Å². The van der Waals surface area contributed by atoms with E-state index in [2.05, 4.69) is 67.5 Å². The van der Waals surface area contributed by atoms with Crippen LogP contribution in [-0.2, 0) is 33.2 Å². The van der Waals surface area contributed by atoms with Crippen LogP contribution in [0.15, 0.2) is 0 Å². The Kier molecular flexibility index (Phi) is 17.3. The average molecular weight is 688 g/mol. The Morgan fingerprint density at radius 2 is 1.42 bits per heavy atom. The number of aliphatic hydroxyl groups is 2. The molecule has 48 heavy (non-hydrogen) atoms. The maximum absolute atomic E-state index is 14.0. The van der Waals surface area contributed by atoms with Crippen LogP contribution in [0.5, 0.6) is 0 Å². The number of rotatable bonds is 7. The molecule has 3 heterocycles. The van der Waals surface area contributed by atoms with Crippen molar-refractivity contribution >= 4 is 5.97 Å². The zero-order chi connectivity index (χ0) is 36.6. The van der Waals surface area contributed by atoms with E-state index in [9.17, 15) is 9.90 Å². The van der Waals surface area contributed by atoms with Crippen molar-refractivity contribution in [2.24, 2.45) is 29.6 Å². The molecule has 0 aromatic rings. The summed E-state index contributed by atoms with van der Waals surface area (Å²) >= 11 is 0. The second-order valence-electron chi connectivity index (χ2n) is 16.1. The number of aliphatic hydroxyl groups excluding tert-OH is 1. The first kappa shape index (κ1) is 43.3. The fraction of sp³-hybridized carbons (Fsp3) is 0.974. The molecule has 284 valence electrons. The number of methoxy groups -OCH3 is 1. The van der Waals surface area contributed by atoms with Crippen LogP contribution in [0.2, 0.25) is 0 Å². The summed E-state index contributed by atoms with van der Waals surface area (Å²) in [5, 5.41) is 18.8. The smallest absolute Gasteiger partial charge is 0.311 e. The van der Waals surface area contributed by atoms with E-state index in [1.54, 1.807) is 7.11 Å². The molecule has 0 aliphatic carbocycles. The fourth-order valence-corrected chi connectivity index (χ4v) is 8.29. The first-order valence-electron chi connectivity index (χ1n) is 18.6. The summed E-state index contributed by atoms with van der Waals surface area (Å²) in [6, 6.07) is 0.334. The Balaban J connectivity index is 0.00000392. The predicted molar refractivity (Wildman–Crippen MR) is 188 cm³/mol. The van der Waals surface area contributed by atoms with Crippen LogP contribution in [-0.4, -0.2) is 110 Å². The van der Waals surface area contributed by atoms with Crippen LogP contribution in [0.3, 0.4) is 0 Å². The third-order valence-corrected chi connectivity index (χ3v) is 11.6. The van der Waals surface area contributed by atoms with E-state index >= 15 is 0 Å². The number of hydrogen-bond donors (Lipinski definition) is 2. The summed E-state index contributed by atoms with van der Waals surface area (Å²) in [4.78, 5) is 16.2. The van der Waals surface area contributed by atoms with Crippen LogP contribution in [0.1, 0.15) is 121 Å². The van der Waals surface area contributed by atoms with Gasteiger partial charge in [0, 0.05) is 39.5 Å². The lowest BCUT2D eigenvalue weighted by Gasteiger charge is -2.46. The highest BCUT2D eigenvalue weighted by molar-refractivity contribution is 5.73. The van der Waals surface area contributed by atoms with E-state index in [0.29, 0.717) is 24.8 Å². The van der Waals surface area contributed by atoms with Crippen molar-refractivity contribution in [3.63, 3.8) is 0 Å². The summed E-state index contributed by atoms with van der Waals surface area (Å²) in [5.74, 6) is -0.219. The van der Waals surface area contributed by atoms with Gasteiger partial charge in [-0.1, -0.05) is 34.6 Å². The lowest BCUT2D eigenvalue weighted by Crippen LogP contribution is -2.53. The number of cyclic esters (lactones) is 1. The molecule has 2 N–H and O–H groups in total. The number of esters is 1. The zero-order valence-electron chi connectivity index (χ0n) is 32.9. The third-order valence-electron chi connectivity index (χ3n) is 11.6. The molecule has 0 radical (unpaired) electrons. The average Bonchev–Trinajstić information content (AvgIpc) is 3.01. The van der Waals surface area contributed by atoms with Crippen molar-refractivity contribution in [2.45, 2.75) is 181 Å². The van der Waals surface area contributed by atoms with Gasteiger partial charge in [-0.05, 0) is 104 Å². The van der Waals surface area contributed by atoms with Gasteiger partial charge in [0.15, 0.2) is 12.6 Å². The van der Waals surface area contributed by atoms with Crippen molar-refractivity contribution in [2.75, 3.05) is 28.3 Å². The van der Waals surface area contributed by atoms with Gasteiger partial charge in [-0.25, -0.2) is 0 Å². The summed E-state index contributed by atoms with van der Waals surface area (Å²) < 4.78 is 39.0. The molecule has 10 heteroatoms. The lowest BCUT2D eigenvalue weighted by molar-refractivity contribution is -0.273. The molecule has 0 spiro atoms. The SMILES string of the molecule is CC[C@H]1OC(=O)C(C)[C@@H](O[C@H]2CC(C)CC(C)O2)C[C@@H](OC2CC(N(C)C)CC(C)O2)[C@](C)(OC)C[C@@H](C)CC(C)C(C)[C@]1(C)O.CO. The quantitative estimate of drug-likeness (QED) is 0.300. The Hall–Kier alpha value is -0.850. The van der Waals surface area contributed by atoms with E-state index in [4.69, 9.17) is 33.5 Å². The molecule has 10 nitrogen and oxygen atoms in total. The topological polar surface area (TPSA) is 116 Å². The van der Waals surface area contributed by atoms with Gasteiger partial charge >= 0.3 is 5.97 Å². The van der Waals surface area contributed by atoms with Crippen LogP contribution in [0.25, 0.3) is 0 Å². The Morgan fingerprint density at radius 3 is 1.96 bits per heavy atom. The third kappa shape index (κ3) is 11.6. The monoisotopic (exact) mass is 688 g/mol. The van der Waals surface area contributed by atoms with Crippen LogP contribution in [0, 0.1) is 29.6 Å². The van der Waals surface area contributed by atoms with Gasteiger partial charge in [-0.15, -0.1) is 0 Å². The minimum absolute atomic E-state index is 0.0538. The van der Waals surface area contributed by atoms with Gasteiger partial charge in [0.1, 0.15) is 11.7 Å². The molecular weight excluding hydrogens is 614 g/mol. The number of hydrogen-bond acceptors (Lipinski definition) is 10. The summed E-state index contributed by atoms with van der Waals surface area (Å²) in [5.41, 5.74) is -1.88. The minimum atomic E-state index is -1.19. The Morgan fingerprint density at radius 1 is 0.833 bits per heavy atom. The van der Waals surface area contributed by atoms with E-state index < -0.39 is 48.0 Å². The molecule has 15 atom stereocenters. The number of ether oxygens (including phenoxy) is 6. The zero-order valence-corrected chi connectivity index (χ0v) is 32.9. The number of nitrogens with zero attached hydrogens (tertiary/aromatic N) is 1. The van der Waals surface area contributed by atoms with E-state index in [1.807, 2.05) is 20.8 Å². The first-order valence-corrected chi connectivity index (χ1v) is 18.6. The molecule has 3 rings (SSSR count). The van der Waals surface area contributed by atoms with Crippen molar-refractivity contribution in [1.29, 1.82) is 0 Å². The molecule has 0 aromatic heterocycles. The molecule has 0 amide bonds. The fourth-order valence-electron chi connectivity index (χ4n) is 8.29. The summed E-state index contributed by atoms with van der Waals surface area (Å²) in [6.45, 7) is 20.7. The van der Waals surface area contributed by atoms with E-state index in [0.717, 1.165) is 45.6 Å². The lowest BCUT2D eigenvalue weighted by atomic mass is 9.72. The van der Waals surface area contributed by atoms with Crippen LogP contribution in [0.4, 0.5) is 0 Å². The first-order chi connectivity index (χ1) is 22.4.